The van der Waals surface area contributed by atoms with Crippen molar-refractivity contribution < 1.29 is 14.4 Å². The largest absolute Gasteiger partial charge is 0.495 e. The Kier molecular flexibility index (Phi) is 5.05. The van der Waals surface area contributed by atoms with Crippen molar-refractivity contribution in [3.05, 3.63) is 23.2 Å². The summed E-state index contributed by atoms with van der Waals surface area (Å²) >= 11 is 5.94. The number of carbonyl (C=O) groups excluding carboxylic acids is 1. The standard InChI is InChI=1S/C14H19ClN2O2/c1-19-13-6-5-11(15)9-12(13)16-14(18)10-17-7-3-2-4-8-17/h5-6,9H,2-4,7-8,10H2,1H3,(H,16,18)/p+1. The smallest absolute Gasteiger partial charge is 0.279 e. The van der Waals surface area contributed by atoms with Crippen molar-refractivity contribution in [2.45, 2.75) is 19.3 Å². The van der Waals surface area contributed by atoms with Crippen LogP contribution >= 0.6 is 11.6 Å². The molecule has 19 heavy (non-hydrogen) atoms. The number of carbonyl (C=O) groups is 1. The van der Waals surface area contributed by atoms with Crippen LogP contribution in [0.3, 0.4) is 0 Å². The van der Waals surface area contributed by atoms with Gasteiger partial charge in [-0.1, -0.05) is 11.6 Å². The number of benzene rings is 1. The van der Waals surface area contributed by atoms with E-state index in [0.717, 1.165) is 13.1 Å². The third-order valence-electron chi connectivity index (χ3n) is 3.41. The van der Waals surface area contributed by atoms with E-state index in [4.69, 9.17) is 16.3 Å². The van der Waals surface area contributed by atoms with E-state index in [2.05, 4.69) is 5.32 Å². The van der Waals surface area contributed by atoms with E-state index in [1.54, 1.807) is 25.3 Å². The second kappa shape index (κ2) is 6.78. The minimum Gasteiger partial charge on any atom is -0.495 e. The Bertz CT molecular complexity index is 445. The molecule has 1 aromatic rings. The molecule has 1 aromatic carbocycles. The van der Waals surface area contributed by atoms with E-state index in [0.29, 0.717) is 23.0 Å². The highest BCUT2D eigenvalue weighted by Gasteiger charge is 2.18. The number of halogens is 1. The minimum absolute atomic E-state index is 0.0115. The number of hydrogen-bond acceptors (Lipinski definition) is 2. The Morgan fingerprint density at radius 2 is 2.11 bits per heavy atom. The number of likely N-dealkylation sites (tertiary alicyclic amines) is 1. The van der Waals surface area contributed by atoms with Crippen molar-refractivity contribution in [2.24, 2.45) is 0 Å². The summed E-state index contributed by atoms with van der Waals surface area (Å²) in [6.45, 7) is 2.68. The molecule has 2 N–H and O–H groups in total. The summed E-state index contributed by atoms with van der Waals surface area (Å²) in [5.41, 5.74) is 0.636. The Morgan fingerprint density at radius 1 is 1.37 bits per heavy atom. The number of ether oxygens (including phenoxy) is 1. The molecule has 1 heterocycles. The molecule has 0 radical (unpaired) electrons. The molecule has 1 fully saturated rings. The highest BCUT2D eigenvalue weighted by atomic mass is 35.5. The molecular formula is C14H20ClN2O2+. The van der Waals surface area contributed by atoms with Gasteiger partial charge >= 0.3 is 0 Å². The lowest BCUT2D eigenvalue weighted by Crippen LogP contribution is -3.13. The van der Waals surface area contributed by atoms with Gasteiger partial charge < -0.3 is 15.0 Å². The van der Waals surface area contributed by atoms with E-state index < -0.39 is 0 Å². The maximum Gasteiger partial charge on any atom is 0.279 e. The van der Waals surface area contributed by atoms with Crippen molar-refractivity contribution in [1.82, 2.24) is 0 Å². The Labute approximate surface area is 118 Å². The lowest BCUT2D eigenvalue weighted by molar-refractivity contribution is -0.896. The molecular weight excluding hydrogens is 264 g/mol. The van der Waals surface area contributed by atoms with Crippen molar-refractivity contribution >= 4 is 23.2 Å². The van der Waals surface area contributed by atoms with Gasteiger partial charge in [0.1, 0.15) is 5.75 Å². The zero-order chi connectivity index (χ0) is 13.7. The quantitative estimate of drug-likeness (QED) is 0.876. The van der Waals surface area contributed by atoms with Crippen LogP contribution < -0.4 is 15.0 Å². The highest BCUT2D eigenvalue weighted by molar-refractivity contribution is 6.31. The number of piperidine rings is 1. The molecule has 1 saturated heterocycles. The summed E-state index contributed by atoms with van der Waals surface area (Å²) in [6, 6.07) is 5.21. The molecule has 5 heteroatoms. The van der Waals surface area contributed by atoms with Crippen LogP contribution in [0.15, 0.2) is 18.2 Å². The molecule has 0 aliphatic carbocycles. The van der Waals surface area contributed by atoms with Gasteiger partial charge in [0.2, 0.25) is 0 Å². The van der Waals surface area contributed by atoms with Crippen LogP contribution in [0.5, 0.6) is 5.75 Å². The van der Waals surface area contributed by atoms with Crippen LogP contribution in [-0.2, 0) is 4.79 Å². The maximum absolute atomic E-state index is 12.0. The fourth-order valence-electron chi connectivity index (χ4n) is 2.43. The molecule has 0 atom stereocenters. The first-order valence-electron chi connectivity index (χ1n) is 6.66. The summed E-state index contributed by atoms with van der Waals surface area (Å²) in [4.78, 5) is 13.4. The summed E-state index contributed by atoms with van der Waals surface area (Å²) < 4.78 is 5.21. The number of hydrogen-bond donors (Lipinski definition) is 2. The van der Waals surface area contributed by atoms with Crippen molar-refractivity contribution in [1.29, 1.82) is 0 Å². The third kappa shape index (κ3) is 4.11. The molecule has 0 unspecified atom stereocenters. The summed E-state index contributed by atoms with van der Waals surface area (Å²) in [5.74, 6) is 0.642. The van der Waals surface area contributed by atoms with E-state index >= 15 is 0 Å². The predicted molar refractivity (Wildman–Crippen MR) is 76.0 cm³/mol. The Hall–Kier alpha value is -1.26. The number of nitrogens with one attached hydrogen (secondary N) is 2. The first-order chi connectivity index (χ1) is 9.19. The fraction of sp³-hybridized carbons (Fsp3) is 0.500. The predicted octanol–water partition coefficient (Wildman–Crippen LogP) is 1.36. The van der Waals surface area contributed by atoms with Gasteiger partial charge in [-0.05, 0) is 37.5 Å². The summed E-state index contributed by atoms with van der Waals surface area (Å²) in [7, 11) is 1.58. The van der Waals surface area contributed by atoms with Gasteiger partial charge in [-0.3, -0.25) is 4.79 Å². The van der Waals surface area contributed by atoms with Gasteiger partial charge in [-0.25, -0.2) is 0 Å². The topological polar surface area (TPSA) is 42.8 Å². The Balaban J connectivity index is 1.95. The summed E-state index contributed by atoms with van der Waals surface area (Å²) in [6.07, 6.45) is 3.71. The van der Waals surface area contributed by atoms with Gasteiger partial charge in [0.25, 0.3) is 5.91 Å². The van der Waals surface area contributed by atoms with Crippen LogP contribution in [0, 0.1) is 0 Å². The van der Waals surface area contributed by atoms with Crippen molar-refractivity contribution in [3.8, 4) is 5.75 Å². The second-order valence-corrected chi connectivity index (χ2v) is 5.32. The van der Waals surface area contributed by atoms with E-state index in [9.17, 15) is 4.79 Å². The average Bonchev–Trinajstić information content (AvgIpc) is 2.40. The molecule has 0 aromatic heterocycles. The number of methoxy groups -OCH3 is 1. The molecule has 1 amide bonds. The van der Waals surface area contributed by atoms with Crippen LogP contribution in [0.4, 0.5) is 5.69 Å². The zero-order valence-corrected chi connectivity index (χ0v) is 11.9. The lowest BCUT2D eigenvalue weighted by Gasteiger charge is -2.23. The molecule has 1 aliphatic heterocycles. The summed E-state index contributed by atoms with van der Waals surface area (Å²) in [5, 5.41) is 3.47. The second-order valence-electron chi connectivity index (χ2n) is 4.88. The number of rotatable bonds is 4. The SMILES string of the molecule is COc1ccc(Cl)cc1NC(=O)C[NH+]1CCCCC1. The highest BCUT2D eigenvalue weighted by Crippen LogP contribution is 2.27. The number of amides is 1. The van der Waals surface area contributed by atoms with Gasteiger partial charge in [0.15, 0.2) is 6.54 Å². The van der Waals surface area contributed by atoms with E-state index in [1.165, 1.54) is 24.2 Å². The van der Waals surface area contributed by atoms with Crippen LogP contribution in [0.25, 0.3) is 0 Å². The van der Waals surface area contributed by atoms with Gasteiger partial charge in [-0.2, -0.15) is 0 Å². The minimum atomic E-state index is 0.0115. The maximum atomic E-state index is 12.0. The van der Waals surface area contributed by atoms with E-state index in [-0.39, 0.29) is 5.91 Å². The van der Waals surface area contributed by atoms with Crippen LogP contribution in [0.2, 0.25) is 5.02 Å². The molecule has 4 nitrogen and oxygen atoms in total. The molecule has 0 spiro atoms. The first kappa shape index (κ1) is 14.2. The van der Waals surface area contributed by atoms with Crippen LogP contribution in [0.1, 0.15) is 19.3 Å². The van der Waals surface area contributed by atoms with Crippen molar-refractivity contribution in [2.75, 3.05) is 32.1 Å². The zero-order valence-electron chi connectivity index (χ0n) is 11.2. The molecule has 1 aliphatic rings. The average molecular weight is 284 g/mol. The molecule has 104 valence electrons. The molecule has 2 rings (SSSR count). The van der Waals surface area contributed by atoms with Gasteiger partial charge in [0.05, 0.1) is 25.9 Å². The van der Waals surface area contributed by atoms with Crippen LogP contribution in [-0.4, -0.2) is 32.7 Å². The normalized spacial score (nSPS) is 16.1. The van der Waals surface area contributed by atoms with E-state index in [1.807, 2.05) is 0 Å². The number of anilines is 1. The van der Waals surface area contributed by atoms with Gasteiger partial charge in [-0.15, -0.1) is 0 Å². The molecule has 0 bridgehead atoms. The monoisotopic (exact) mass is 283 g/mol. The van der Waals surface area contributed by atoms with Gasteiger partial charge in [0, 0.05) is 5.02 Å². The third-order valence-corrected chi connectivity index (χ3v) is 3.64. The lowest BCUT2D eigenvalue weighted by atomic mass is 10.1. The Morgan fingerprint density at radius 3 is 2.79 bits per heavy atom. The van der Waals surface area contributed by atoms with Crippen molar-refractivity contribution in [3.63, 3.8) is 0 Å². The number of quaternary nitrogens is 1. The first-order valence-corrected chi connectivity index (χ1v) is 7.04. The molecule has 0 saturated carbocycles. The fourth-order valence-corrected chi connectivity index (χ4v) is 2.60.